The second-order valence-electron chi connectivity index (χ2n) is 10.00. The number of carbonyl (C=O) groups is 1. The summed E-state index contributed by atoms with van der Waals surface area (Å²) in [5, 5.41) is 1.43. The van der Waals surface area contributed by atoms with E-state index in [9.17, 15) is 9.18 Å². The van der Waals surface area contributed by atoms with E-state index in [1.807, 2.05) is 25.7 Å². The Morgan fingerprint density at radius 2 is 1.78 bits per heavy atom. The third-order valence-corrected chi connectivity index (χ3v) is 6.57. The molecule has 0 saturated carbocycles. The predicted molar refractivity (Wildman–Crippen MR) is 140 cm³/mol. The minimum Gasteiger partial charge on any atom is -0.444 e. The lowest BCUT2D eigenvalue weighted by Crippen LogP contribution is -2.50. The molecule has 37 heavy (non-hydrogen) atoms. The fourth-order valence-electron chi connectivity index (χ4n) is 4.51. The highest BCUT2D eigenvalue weighted by atomic mass is 35.5. The maximum atomic E-state index is 16.0. The van der Waals surface area contributed by atoms with Gasteiger partial charge in [-0.2, -0.15) is 0 Å². The van der Waals surface area contributed by atoms with E-state index in [4.69, 9.17) is 16.3 Å². The molecule has 1 amide bonds. The molecule has 7 nitrogen and oxygen atoms in total. The van der Waals surface area contributed by atoms with Gasteiger partial charge in [0.15, 0.2) is 5.82 Å². The molecular weight excluding hydrogens is 500 g/mol. The standard InChI is InChI=1S/C27H26ClF2N5O2/c1-15-32-24-18(25(33-15)34-10-12-35(13-11-34)26(36)37-27(2,3)4)14-31-23(22(24)30)17-7-5-6-16-8-9-19(29)21(28)20(16)17/h5-9,14H,10-13H2,1-4H3. The first-order valence-electron chi connectivity index (χ1n) is 12.0. The van der Waals surface area contributed by atoms with Gasteiger partial charge >= 0.3 is 6.09 Å². The first kappa shape index (κ1) is 25.1. The minimum absolute atomic E-state index is 0.0318. The molecular formula is C27H26ClF2N5O2. The van der Waals surface area contributed by atoms with Gasteiger partial charge in [-0.1, -0.05) is 35.9 Å². The number of ether oxygens (including phenoxy) is 1. The number of carbonyl (C=O) groups excluding carboxylic acids is 1. The summed E-state index contributed by atoms with van der Waals surface area (Å²) in [5.41, 5.74) is -0.0454. The van der Waals surface area contributed by atoms with Crippen molar-refractivity contribution < 1.29 is 18.3 Å². The van der Waals surface area contributed by atoms with Crippen LogP contribution in [0.5, 0.6) is 0 Å². The van der Waals surface area contributed by atoms with Gasteiger partial charge in [0, 0.05) is 43.3 Å². The first-order chi connectivity index (χ1) is 17.5. The van der Waals surface area contributed by atoms with Crippen LogP contribution in [-0.2, 0) is 4.74 Å². The number of fused-ring (bicyclic) bond motifs is 2. The number of benzene rings is 2. The Morgan fingerprint density at radius 1 is 1.05 bits per heavy atom. The van der Waals surface area contributed by atoms with Crippen molar-refractivity contribution in [3.05, 3.63) is 59.0 Å². The van der Waals surface area contributed by atoms with Crippen molar-refractivity contribution in [2.75, 3.05) is 31.1 Å². The fraction of sp³-hybridized carbons (Fsp3) is 0.333. The van der Waals surface area contributed by atoms with Gasteiger partial charge in [-0.15, -0.1) is 0 Å². The van der Waals surface area contributed by atoms with Crippen LogP contribution >= 0.6 is 11.6 Å². The highest BCUT2D eigenvalue weighted by molar-refractivity contribution is 6.36. The number of hydrogen-bond acceptors (Lipinski definition) is 6. The maximum absolute atomic E-state index is 16.0. The monoisotopic (exact) mass is 525 g/mol. The molecule has 192 valence electrons. The lowest BCUT2D eigenvalue weighted by atomic mass is 10.0. The summed E-state index contributed by atoms with van der Waals surface area (Å²) < 4.78 is 35.7. The van der Waals surface area contributed by atoms with Crippen LogP contribution in [0.25, 0.3) is 32.9 Å². The Balaban J connectivity index is 1.52. The van der Waals surface area contributed by atoms with Gasteiger partial charge in [-0.05, 0) is 39.1 Å². The van der Waals surface area contributed by atoms with E-state index in [2.05, 4.69) is 15.0 Å². The number of aromatic nitrogens is 3. The third-order valence-electron chi connectivity index (χ3n) is 6.20. The number of piperazine rings is 1. The summed E-state index contributed by atoms with van der Waals surface area (Å²) in [6.07, 6.45) is 1.17. The van der Waals surface area contributed by atoms with Gasteiger partial charge in [-0.3, -0.25) is 4.98 Å². The summed E-state index contributed by atoms with van der Waals surface area (Å²) in [4.78, 5) is 29.5. The van der Waals surface area contributed by atoms with Crippen molar-refractivity contribution in [2.24, 2.45) is 0 Å². The number of aryl methyl sites for hydroxylation is 1. The largest absolute Gasteiger partial charge is 0.444 e. The van der Waals surface area contributed by atoms with Crippen LogP contribution in [-0.4, -0.2) is 57.7 Å². The topological polar surface area (TPSA) is 71.5 Å². The van der Waals surface area contributed by atoms with E-state index >= 15 is 4.39 Å². The van der Waals surface area contributed by atoms with Crippen LogP contribution in [0.2, 0.25) is 5.02 Å². The van der Waals surface area contributed by atoms with Crippen molar-refractivity contribution in [1.82, 2.24) is 19.9 Å². The predicted octanol–water partition coefficient (Wildman–Crippen LogP) is 6.14. The number of anilines is 1. The number of amides is 1. The zero-order valence-electron chi connectivity index (χ0n) is 21.0. The van der Waals surface area contributed by atoms with Crippen LogP contribution in [0, 0.1) is 18.6 Å². The summed E-state index contributed by atoms with van der Waals surface area (Å²) in [6.45, 7) is 9.05. The second-order valence-corrected chi connectivity index (χ2v) is 10.4. The van der Waals surface area contributed by atoms with Gasteiger partial charge in [0.25, 0.3) is 0 Å². The molecule has 1 aliphatic rings. The molecule has 0 unspecified atom stereocenters. The van der Waals surface area contributed by atoms with Gasteiger partial charge in [0.2, 0.25) is 0 Å². The van der Waals surface area contributed by atoms with Crippen molar-refractivity contribution in [1.29, 1.82) is 0 Å². The lowest BCUT2D eigenvalue weighted by Gasteiger charge is -2.36. The molecule has 5 rings (SSSR count). The van der Waals surface area contributed by atoms with Crippen LogP contribution in [0.1, 0.15) is 26.6 Å². The lowest BCUT2D eigenvalue weighted by molar-refractivity contribution is 0.0240. The summed E-state index contributed by atoms with van der Waals surface area (Å²) in [6, 6.07) is 8.07. The normalized spacial score (nSPS) is 14.5. The van der Waals surface area contributed by atoms with Crippen LogP contribution < -0.4 is 4.90 Å². The fourth-order valence-corrected chi connectivity index (χ4v) is 4.79. The quantitative estimate of drug-likeness (QED) is 0.313. The van der Waals surface area contributed by atoms with E-state index in [0.29, 0.717) is 59.5 Å². The Kier molecular flexibility index (Phi) is 6.35. The van der Waals surface area contributed by atoms with Crippen LogP contribution in [0.4, 0.5) is 19.4 Å². The molecule has 1 saturated heterocycles. The molecule has 1 aliphatic heterocycles. The Bertz CT molecular complexity index is 1530. The molecule has 0 bridgehead atoms. The minimum atomic E-state index is -0.635. The van der Waals surface area contributed by atoms with Crippen molar-refractivity contribution in [3.63, 3.8) is 0 Å². The van der Waals surface area contributed by atoms with Crippen molar-refractivity contribution in [3.8, 4) is 11.3 Å². The molecule has 0 atom stereocenters. The number of hydrogen-bond donors (Lipinski definition) is 0. The number of nitrogens with zero attached hydrogens (tertiary/aromatic N) is 5. The average Bonchev–Trinajstić information content (AvgIpc) is 2.85. The molecule has 0 N–H and O–H groups in total. The molecule has 0 spiro atoms. The van der Waals surface area contributed by atoms with Crippen molar-refractivity contribution in [2.45, 2.75) is 33.3 Å². The Hall–Kier alpha value is -3.59. The number of halogens is 3. The molecule has 10 heteroatoms. The van der Waals surface area contributed by atoms with Crippen molar-refractivity contribution >= 4 is 45.2 Å². The molecule has 1 fully saturated rings. The number of pyridine rings is 1. The van der Waals surface area contributed by atoms with E-state index in [1.165, 1.54) is 12.3 Å². The van der Waals surface area contributed by atoms with Crippen LogP contribution in [0.15, 0.2) is 36.5 Å². The average molecular weight is 526 g/mol. The molecule has 4 aromatic rings. The van der Waals surface area contributed by atoms with E-state index < -0.39 is 17.2 Å². The van der Waals surface area contributed by atoms with Crippen LogP contribution in [0.3, 0.4) is 0 Å². The first-order valence-corrected chi connectivity index (χ1v) is 12.3. The zero-order chi connectivity index (χ0) is 26.5. The Morgan fingerprint density at radius 3 is 2.49 bits per heavy atom. The SMILES string of the molecule is Cc1nc(N2CCN(C(=O)OC(C)(C)C)CC2)c2cnc(-c3cccc4ccc(F)c(Cl)c34)c(F)c2n1. The van der Waals surface area contributed by atoms with Gasteiger partial charge in [-0.25, -0.2) is 23.5 Å². The smallest absolute Gasteiger partial charge is 0.410 e. The Labute approximate surface area is 218 Å². The third kappa shape index (κ3) is 4.75. The van der Waals surface area contributed by atoms with Gasteiger partial charge in [0.1, 0.15) is 34.3 Å². The van der Waals surface area contributed by atoms with E-state index in [-0.39, 0.29) is 22.3 Å². The molecule has 2 aromatic carbocycles. The molecule has 0 radical (unpaired) electrons. The highest BCUT2D eigenvalue weighted by Gasteiger charge is 2.28. The highest BCUT2D eigenvalue weighted by Crippen LogP contribution is 2.37. The summed E-state index contributed by atoms with van der Waals surface area (Å²) >= 11 is 6.28. The molecule has 2 aromatic heterocycles. The maximum Gasteiger partial charge on any atom is 0.410 e. The van der Waals surface area contributed by atoms with E-state index in [0.717, 1.165) is 0 Å². The molecule has 0 aliphatic carbocycles. The number of rotatable bonds is 2. The van der Waals surface area contributed by atoms with E-state index in [1.54, 1.807) is 36.1 Å². The summed E-state index contributed by atoms with van der Waals surface area (Å²) in [7, 11) is 0. The zero-order valence-corrected chi connectivity index (χ0v) is 21.7. The molecule has 3 heterocycles. The second kappa shape index (κ2) is 9.37. The summed E-state index contributed by atoms with van der Waals surface area (Å²) in [5.74, 6) is -0.278. The van der Waals surface area contributed by atoms with Gasteiger partial charge < -0.3 is 14.5 Å². The van der Waals surface area contributed by atoms with Gasteiger partial charge in [0.05, 0.1) is 10.4 Å².